The van der Waals surface area contributed by atoms with E-state index in [9.17, 15) is 19.2 Å². The molecule has 42 heavy (non-hydrogen) atoms. The van der Waals surface area contributed by atoms with E-state index in [1.165, 1.54) is 0 Å². The number of amides is 2. The summed E-state index contributed by atoms with van der Waals surface area (Å²) < 4.78 is 2.90. The molecule has 2 aromatic carbocycles. The number of anilines is 1. The standard InChI is InChI=1S/C29H35Br2N7O4/c1-35-10-12-36(13-11-35)17-26(40)33-23(16-25(39)18-14-20(30)27(32)21(31)15-18)28(41)37-8-6-19(7-9-37)38-24-5-3-2-4-22(24)34-29(38)42/h2-5,14-15,19,23H,6-13,16-17,32H2,1H3,(H,33,40)(H,34,42). The molecule has 3 aromatic rings. The lowest BCUT2D eigenvalue weighted by molar-refractivity contribution is -0.137. The Kier molecular flexibility index (Phi) is 9.50. The van der Waals surface area contributed by atoms with E-state index in [1.54, 1.807) is 21.6 Å². The molecule has 0 aliphatic carbocycles. The van der Waals surface area contributed by atoms with Crippen LogP contribution in [-0.4, -0.2) is 101 Å². The third-order valence-corrected chi connectivity index (χ3v) is 9.46. The molecular weight excluding hydrogens is 670 g/mol. The van der Waals surface area contributed by atoms with Gasteiger partial charge in [0, 0.05) is 66.2 Å². The number of hydrogen-bond acceptors (Lipinski definition) is 7. The van der Waals surface area contributed by atoms with E-state index >= 15 is 0 Å². The number of halogens is 2. The Morgan fingerprint density at radius 1 is 1.02 bits per heavy atom. The van der Waals surface area contributed by atoms with Crippen LogP contribution in [0.3, 0.4) is 0 Å². The van der Waals surface area contributed by atoms with Crippen molar-refractivity contribution in [2.45, 2.75) is 31.3 Å². The van der Waals surface area contributed by atoms with Crippen molar-refractivity contribution in [2.75, 3.05) is 58.6 Å². The molecule has 1 atom stereocenters. The average molecular weight is 705 g/mol. The Morgan fingerprint density at radius 3 is 2.33 bits per heavy atom. The van der Waals surface area contributed by atoms with E-state index in [1.807, 2.05) is 31.3 Å². The van der Waals surface area contributed by atoms with Gasteiger partial charge in [-0.3, -0.25) is 23.9 Å². The highest BCUT2D eigenvalue weighted by molar-refractivity contribution is 9.11. The number of fused-ring (bicyclic) bond motifs is 1. The van der Waals surface area contributed by atoms with Crippen LogP contribution in [0.5, 0.6) is 0 Å². The van der Waals surface area contributed by atoms with E-state index in [2.05, 4.69) is 52.0 Å². The average Bonchev–Trinajstić information content (AvgIpc) is 3.31. The Labute approximate surface area is 260 Å². The van der Waals surface area contributed by atoms with Gasteiger partial charge in [-0.1, -0.05) is 12.1 Å². The minimum Gasteiger partial charge on any atom is -0.397 e. The number of nitrogens with two attached hydrogens (primary N) is 1. The summed E-state index contributed by atoms with van der Waals surface area (Å²) in [6.45, 7) is 4.23. The number of carbonyl (C=O) groups excluding carboxylic acids is 3. The van der Waals surface area contributed by atoms with Gasteiger partial charge in [-0.2, -0.15) is 0 Å². The van der Waals surface area contributed by atoms with Gasteiger partial charge in [0.1, 0.15) is 6.04 Å². The molecule has 2 aliphatic rings. The maximum absolute atomic E-state index is 13.8. The fraction of sp³-hybridized carbons (Fsp3) is 0.448. The summed E-state index contributed by atoms with van der Waals surface area (Å²) in [6, 6.07) is 9.74. The summed E-state index contributed by atoms with van der Waals surface area (Å²) in [4.78, 5) is 61.9. The van der Waals surface area contributed by atoms with E-state index in [0.717, 1.165) is 37.2 Å². The maximum Gasteiger partial charge on any atom is 0.326 e. The molecule has 0 bridgehead atoms. The number of nitrogen functional groups attached to an aromatic ring is 1. The van der Waals surface area contributed by atoms with E-state index < -0.39 is 6.04 Å². The first-order valence-electron chi connectivity index (χ1n) is 14.1. The predicted molar refractivity (Wildman–Crippen MR) is 168 cm³/mol. The zero-order valence-corrected chi connectivity index (χ0v) is 26.6. The van der Waals surface area contributed by atoms with Gasteiger partial charge < -0.3 is 25.8 Å². The molecule has 2 fully saturated rings. The number of piperazine rings is 1. The van der Waals surface area contributed by atoms with Gasteiger partial charge in [0.2, 0.25) is 11.8 Å². The Balaban J connectivity index is 1.29. The van der Waals surface area contributed by atoms with Crippen molar-refractivity contribution < 1.29 is 14.4 Å². The smallest absolute Gasteiger partial charge is 0.326 e. The Morgan fingerprint density at radius 2 is 1.67 bits per heavy atom. The number of Topliss-reactive ketones (excluding diaryl/α,β-unsaturated/α-hetero) is 1. The number of piperidine rings is 1. The molecule has 3 heterocycles. The Bertz CT molecular complexity index is 1520. The lowest BCUT2D eigenvalue weighted by Crippen LogP contribution is -2.54. The third-order valence-electron chi connectivity index (χ3n) is 8.15. The fourth-order valence-electron chi connectivity index (χ4n) is 5.70. The molecule has 5 rings (SSSR count). The van der Waals surface area contributed by atoms with Crippen LogP contribution in [0.4, 0.5) is 5.69 Å². The molecule has 11 nitrogen and oxygen atoms in total. The number of ketones is 1. The second-order valence-corrected chi connectivity index (χ2v) is 12.8. The molecule has 4 N–H and O–H groups in total. The van der Waals surface area contributed by atoms with Crippen molar-refractivity contribution in [1.29, 1.82) is 0 Å². The van der Waals surface area contributed by atoms with Gasteiger partial charge in [0.15, 0.2) is 5.78 Å². The molecule has 13 heteroatoms. The topological polar surface area (TPSA) is 137 Å². The maximum atomic E-state index is 13.8. The van der Waals surface area contributed by atoms with Gasteiger partial charge in [0.05, 0.1) is 23.3 Å². The third kappa shape index (κ3) is 6.80. The molecule has 0 spiro atoms. The van der Waals surface area contributed by atoms with Gasteiger partial charge in [0.25, 0.3) is 0 Å². The summed E-state index contributed by atoms with van der Waals surface area (Å²) in [5, 5.41) is 2.87. The number of H-pyrrole nitrogens is 1. The van der Waals surface area contributed by atoms with E-state index in [0.29, 0.717) is 46.1 Å². The van der Waals surface area contributed by atoms with Crippen molar-refractivity contribution in [3.63, 3.8) is 0 Å². The normalized spacial score (nSPS) is 17.8. The summed E-state index contributed by atoms with van der Waals surface area (Å²) in [5.41, 5.74) is 8.30. The molecule has 1 unspecified atom stereocenters. The predicted octanol–water partition coefficient (Wildman–Crippen LogP) is 2.61. The molecule has 0 radical (unpaired) electrons. The van der Waals surface area contributed by atoms with Crippen LogP contribution < -0.4 is 16.7 Å². The highest BCUT2D eigenvalue weighted by Gasteiger charge is 2.33. The second-order valence-electron chi connectivity index (χ2n) is 11.1. The van der Waals surface area contributed by atoms with Crippen molar-refractivity contribution >= 4 is 66.2 Å². The number of rotatable bonds is 8. The first-order chi connectivity index (χ1) is 20.1. The second kappa shape index (κ2) is 13.1. The van der Waals surface area contributed by atoms with Gasteiger partial charge in [-0.05, 0) is 76.0 Å². The molecule has 1 aromatic heterocycles. The van der Waals surface area contributed by atoms with Crippen molar-refractivity contribution in [2.24, 2.45) is 0 Å². The summed E-state index contributed by atoms with van der Waals surface area (Å²) in [6.07, 6.45) is 0.987. The first kappa shape index (κ1) is 30.5. The first-order valence-corrected chi connectivity index (χ1v) is 15.7. The Hall–Kier alpha value is -3.00. The highest BCUT2D eigenvalue weighted by Crippen LogP contribution is 2.30. The molecular formula is C29H35Br2N7O4. The van der Waals surface area contributed by atoms with Crippen LogP contribution >= 0.6 is 31.9 Å². The fourth-order valence-corrected chi connectivity index (χ4v) is 6.89. The summed E-state index contributed by atoms with van der Waals surface area (Å²) >= 11 is 6.75. The molecule has 0 saturated carbocycles. The number of nitrogens with zero attached hydrogens (tertiary/aromatic N) is 4. The number of aromatic nitrogens is 2. The number of aromatic amines is 1. The summed E-state index contributed by atoms with van der Waals surface area (Å²) in [7, 11) is 2.05. The zero-order valence-electron chi connectivity index (χ0n) is 23.4. The minimum atomic E-state index is -1.01. The largest absolute Gasteiger partial charge is 0.397 e. The number of benzene rings is 2. The van der Waals surface area contributed by atoms with Crippen LogP contribution in [-0.2, 0) is 9.59 Å². The number of imidazole rings is 1. The number of carbonyl (C=O) groups is 3. The lowest BCUT2D eigenvalue weighted by atomic mass is 9.99. The monoisotopic (exact) mass is 703 g/mol. The number of para-hydroxylation sites is 2. The van der Waals surface area contributed by atoms with Crippen LogP contribution in [0.15, 0.2) is 50.1 Å². The quantitative estimate of drug-likeness (QED) is 0.242. The van der Waals surface area contributed by atoms with Crippen molar-refractivity contribution in [1.82, 2.24) is 29.6 Å². The van der Waals surface area contributed by atoms with Crippen LogP contribution in [0, 0.1) is 0 Å². The highest BCUT2D eigenvalue weighted by atomic mass is 79.9. The SMILES string of the molecule is CN1CCN(CC(=O)NC(CC(=O)c2cc(Br)c(N)c(Br)c2)C(=O)N2CCC(n3c(=O)[nH]c4ccccc43)CC2)CC1. The van der Waals surface area contributed by atoms with Crippen LogP contribution in [0.25, 0.3) is 11.0 Å². The van der Waals surface area contributed by atoms with E-state index in [-0.39, 0.29) is 42.3 Å². The van der Waals surface area contributed by atoms with Crippen molar-refractivity contribution in [3.8, 4) is 0 Å². The minimum absolute atomic E-state index is 0.0610. The van der Waals surface area contributed by atoms with Gasteiger partial charge >= 0.3 is 5.69 Å². The number of likely N-dealkylation sites (N-methyl/N-ethyl adjacent to an activating group) is 1. The van der Waals surface area contributed by atoms with Gasteiger partial charge in [-0.25, -0.2) is 4.79 Å². The zero-order chi connectivity index (χ0) is 30.0. The molecule has 224 valence electrons. The van der Waals surface area contributed by atoms with Crippen LogP contribution in [0.1, 0.15) is 35.7 Å². The van der Waals surface area contributed by atoms with Crippen molar-refractivity contribution in [3.05, 3.63) is 61.4 Å². The van der Waals surface area contributed by atoms with E-state index in [4.69, 9.17) is 5.73 Å². The summed E-state index contributed by atoms with van der Waals surface area (Å²) in [5.74, 6) is -0.867. The molecule has 2 aliphatic heterocycles. The lowest BCUT2D eigenvalue weighted by Gasteiger charge is -2.35. The molecule has 2 saturated heterocycles. The molecule has 2 amide bonds. The van der Waals surface area contributed by atoms with Crippen LogP contribution in [0.2, 0.25) is 0 Å². The van der Waals surface area contributed by atoms with Gasteiger partial charge in [-0.15, -0.1) is 0 Å². The number of nitrogens with one attached hydrogen (secondary N) is 2. The number of likely N-dealkylation sites (tertiary alicyclic amines) is 1. The number of hydrogen-bond donors (Lipinski definition) is 3.